The molecule has 1 rings (SSSR count). The van der Waals surface area contributed by atoms with Gasteiger partial charge >= 0.3 is 0 Å². The summed E-state index contributed by atoms with van der Waals surface area (Å²) >= 11 is 0. The molecule has 1 atom stereocenters. The summed E-state index contributed by atoms with van der Waals surface area (Å²) in [7, 11) is 0. The Balaban J connectivity index is 2.35. The Morgan fingerprint density at radius 1 is 1.33 bits per heavy atom. The molecule has 0 saturated heterocycles. The standard InChI is InChI=1S/C16H22N2O3/c1-12(11-19)3-2-10-18-15(20)9-6-13-4-7-14(8-5-13)16(17)21/h4-9,12,19H,2-3,10-11H2,1H3,(H2,17,21)(H,18,20)/b9-6+. The molecule has 0 aromatic heterocycles. The van der Waals surface area contributed by atoms with E-state index in [9.17, 15) is 9.59 Å². The molecule has 114 valence electrons. The molecule has 0 aliphatic rings. The van der Waals surface area contributed by atoms with Crippen LogP contribution in [0.2, 0.25) is 0 Å². The number of rotatable bonds is 8. The molecule has 1 aromatic carbocycles. The van der Waals surface area contributed by atoms with Crippen LogP contribution in [0.25, 0.3) is 6.08 Å². The second-order valence-electron chi connectivity index (χ2n) is 5.04. The maximum Gasteiger partial charge on any atom is 0.248 e. The van der Waals surface area contributed by atoms with Crippen molar-refractivity contribution in [3.63, 3.8) is 0 Å². The summed E-state index contributed by atoms with van der Waals surface area (Å²) in [6.45, 7) is 2.74. The summed E-state index contributed by atoms with van der Waals surface area (Å²) in [5.74, 6) is -0.368. The Hall–Kier alpha value is -2.14. The number of primary amides is 1. The first-order valence-electron chi connectivity index (χ1n) is 6.99. The Bertz CT molecular complexity index is 495. The fourth-order valence-electron chi connectivity index (χ4n) is 1.74. The van der Waals surface area contributed by atoms with Gasteiger partial charge in [0.15, 0.2) is 0 Å². The number of hydrogen-bond acceptors (Lipinski definition) is 3. The smallest absolute Gasteiger partial charge is 0.248 e. The zero-order chi connectivity index (χ0) is 15.7. The van der Waals surface area contributed by atoms with Crippen LogP contribution in [0.15, 0.2) is 30.3 Å². The fraction of sp³-hybridized carbons (Fsp3) is 0.375. The van der Waals surface area contributed by atoms with Crippen molar-refractivity contribution in [2.75, 3.05) is 13.2 Å². The first-order chi connectivity index (χ1) is 10.0. The molecule has 0 aliphatic carbocycles. The summed E-state index contributed by atoms with van der Waals surface area (Å²) in [6.07, 6.45) is 4.86. The molecule has 5 heteroatoms. The predicted molar refractivity (Wildman–Crippen MR) is 82.5 cm³/mol. The summed E-state index contributed by atoms with van der Waals surface area (Å²) in [6, 6.07) is 6.70. The molecule has 2 amide bonds. The minimum atomic E-state index is -0.472. The minimum absolute atomic E-state index is 0.161. The van der Waals surface area contributed by atoms with Crippen molar-refractivity contribution >= 4 is 17.9 Å². The molecule has 0 spiro atoms. The molecule has 21 heavy (non-hydrogen) atoms. The minimum Gasteiger partial charge on any atom is -0.396 e. The Labute approximate surface area is 124 Å². The van der Waals surface area contributed by atoms with E-state index in [-0.39, 0.29) is 18.4 Å². The number of hydrogen-bond donors (Lipinski definition) is 3. The normalized spacial score (nSPS) is 12.3. The van der Waals surface area contributed by atoms with Gasteiger partial charge in [0.2, 0.25) is 11.8 Å². The van der Waals surface area contributed by atoms with E-state index in [0.29, 0.717) is 12.1 Å². The van der Waals surface area contributed by atoms with Crippen LogP contribution >= 0.6 is 0 Å². The zero-order valence-electron chi connectivity index (χ0n) is 12.2. The first kappa shape index (κ1) is 16.9. The highest BCUT2D eigenvalue weighted by atomic mass is 16.3. The average molecular weight is 290 g/mol. The lowest BCUT2D eigenvalue weighted by Gasteiger charge is -2.07. The second-order valence-corrected chi connectivity index (χ2v) is 5.04. The van der Waals surface area contributed by atoms with Crippen LogP contribution in [-0.2, 0) is 4.79 Å². The molecule has 0 aliphatic heterocycles. The van der Waals surface area contributed by atoms with Gasteiger partial charge in [-0.05, 0) is 42.5 Å². The van der Waals surface area contributed by atoms with Gasteiger partial charge in [-0.2, -0.15) is 0 Å². The number of benzene rings is 1. The second kappa shape index (κ2) is 8.92. The van der Waals surface area contributed by atoms with Crippen LogP contribution in [0.4, 0.5) is 0 Å². The fourth-order valence-corrected chi connectivity index (χ4v) is 1.74. The summed E-state index contributed by atoms with van der Waals surface area (Å²) < 4.78 is 0. The number of amides is 2. The van der Waals surface area contributed by atoms with Crippen molar-refractivity contribution in [1.29, 1.82) is 0 Å². The van der Waals surface area contributed by atoms with E-state index in [2.05, 4.69) is 5.32 Å². The number of carbonyl (C=O) groups is 2. The molecule has 0 heterocycles. The summed E-state index contributed by atoms with van der Waals surface area (Å²) in [5.41, 5.74) is 6.41. The number of aliphatic hydroxyl groups is 1. The highest BCUT2D eigenvalue weighted by molar-refractivity contribution is 5.94. The van der Waals surface area contributed by atoms with Crippen molar-refractivity contribution < 1.29 is 14.7 Å². The van der Waals surface area contributed by atoms with E-state index in [1.54, 1.807) is 30.3 Å². The van der Waals surface area contributed by atoms with Gasteiger partial charge < -0.3 is 16.2 Å². The molecule has 0 saturated carbocycles. The van der Waals surface area contributed by atoms with Crippen molar-refractivity contribution in [1.82, 2.24) is 5.32 Å². The predicted octanol–water partition coefficient (Wildman–Crippen LogP) is 1.32. The van der Waals surface area contributed by atoms with Crippen molar-refractivity contribution in [3.8, 4) is 0 Å². The van der Waals surface area contributed by atoms with Gasteiger partial charge in [-0.15, -0.1) is 0 Å². The van der Waals surface area contributed by atoms with E-state index in [0.717, 1.165) is 18.4 Å². The van der Waals surface area contributed by atoms with E-state index >= 15 is 0 Å². The van der Waals surface area contributed by atoms with Crippen LogP contribution in [0.5, 0.6) is 0 Å². The molecule has 1 aromatic rings. The van der Waals surface area contributed by atoms with Crippen LogP contribution in [-0.4, -0.2) is 30.1 Å². The van der Waals surface area contributed by atoms with Crippen molar-refractivity contribution in [2.45, 2.75) is 19.8 Å². The van der Waals surface area contributed by atoms with E-state index < -0.39 is 5.91 Å². The lowest BCUT2D eigenvalue weighted by atomic mass is 10.1. The number of aliphatic hydroxyl groups excluding tert-OH is 1. The van der Waals surface area contributed by atoms with Gasteiger partial charge in [0, 0.05) is 24.8 Å². The van der Waals surface area contributed by atoms with Crippen molar-refractivity contribution in [2.24, 2.45) is 11.7 Å². The summed E-state index contributed by atoms with van der Waals surface area (Å²) in [4.78, 5) is 22.5. The molecule has 5 nitrogen and oxygen atoms in total. The average Bonchev–Trinajstić information content (AvgIpc) is 2.49. The maximum atomic E-state index is 11.6. The zero-order valence-corrected chi connectivity index (χ0v) is 12.2. The molecular formula is C16H22N2O3. The number of nitrogens with two attached hydrogens (primary N) is 1. The maximum absolute atomic E-state index is 11.6. The molecule has 1 unspecified atom stereocenters. The SMILES string of the molecule is CC(CO)CCCNC(=O)/C=C/c1ccc(C(N)=O)cc1. The quantitative estimate of drug-likeness (QED) is 0.498. The van der Waals surface area contributed by atoms with E-state index in [4.69, 9.17) is 10.8 Å². The lowest BCUT2D eigenvalue weighted by Crippen LogP contribution is -2.22. The van der Waals surface area contributed by atoms with Gasteiger partial charge in [0.1, 0.15) is 0 Å². The molecular weight excluding hydrogens is 268 g/mol. The lowest BCUT2D eigenvalue weighted by molar-refractivity contribution is -0.116. The van der Waals surface area contributed by atoms with Crippen LogP contribution < -0.4 is 11.1 Å². The van der Waals surface area contributed by atoms with Crippen molar-refractivity contribution in [3.05, 3.63) is 41.5 Å². The highest BCUT2D eigenvalue weighted by Crippen LogP contribution is 2.06. The number of nitrogens with one attached hydrogen (secondary N) is 1. The largest absolute Gasteiger partial charge is 0.396 e. The summed E-state index contributed by atoms with van der Waals surface area (Å²) in [5, 5.41) is 11.7. The van der Waals surface area contributed by atoms with Crippen LogP contribution in [0, 0.1) is 5.92 Å². The Kier molecular flexibility index (Phi) is 7.18. The van der Waals surface area contributed by atoms with Gasteiger partial charge in [-0.25, -0.2) is 0 Å². The third kappa shape index (κ3) is 6.72. The van der Waals surface area contributed by atoms with Crippen LogP contribution in [0.3, 0.4) is 0 Å². The first-order valence-corrected chi connectivity index (χ1v) is 6.99. The van der Waals surface area contributed by atoms with Gasteiger partial charge in [0.25, 0.3) is 0 Å². The molecule has 0 fully saturated rings. The topological polar surface area (TPSA) is 92.4 Å². The van der Waals surface area contributed by atoms with E-state index in [1.165, 1.54) is 6.08 Å². The van der Waals surface area contributed by atoms with Gasteiger partial charge in [0.05, 0.1) is 0 Å². The third-order valence-electron chi connectivity index (χ3n) is 3.11. The monoisotopic (exact) mass is 290 g/mol. The van der Waals surface area contributed by atoms with E-state index in [1.807, 2.05) is 6.92 Å². The molecule has 0 bridgehead atoms. The van der Waals surface area contributed by atoms with Gasteiger partial charge in [-0.3, -0.25) is 9.59 Å². The van der Waals surface area contributed by atoms with Gasteiger partial charge in [-0.1, -0.05) is 19.1 Å². The Morgan fingerprint density at radius 2 is 2.00 bits per heavy atom. The van der Waals surface area contributed by atoms with Crippen LogP contribution in [0.1, 0.15) is 35.7 Å². The highest BCUT2D eigenvalue weighted by Gasteiger charge is 2.01. The molecule has 0 radical (unpaired) electrons. The Morgan fingerprint density at radius 3 is 2.57 bits per heavy atom. The number of carbonyl (C=O) groups excluding carboxylic acids is 2. The molecule has 4 N–H and O–H groups in total. The third-order valence-corrected chi connectivity index (χ3v) is 3.11.